The molecule has 0 saturated carbocycles. The van der Waals surface area contributed by atoms with Crippen LogP contribution in [0.25, 0.3) is 0 Å². The smallest absolute Gasteiger partial charge is 0.164 e. The number of hydrogen-bond donors (Lipinski definition) is 2. The number of nitrogen functional groups attached to an aromatic ring is 1. The summed E-state index contributed by atoms with van der Waals surface area (Å²) in [6.07, 6.45) is 0.470. The van der Waals surface area contributed by atoms with Gasteiger partial charge in [-0.25, -0.2) is 0 Å². The van der Waals surface area contributed by atoms with Crippen molar-refractivity contribution < 1.29 is 9.90 Å². The van der Waals surface area contributed by atoms with Crippen molar-refractivity contribution in [1.82, 2.24) is 4.90 Å². The van der Waals surface area contributed by atoms with Gasteiger partial charge in [0.2, 0.25) is 0 Å². The average Bonchev–Trinajstić information content (AvgIpc) is 2.35. The SMILES string of the molecule is CCN(CCO)CCC(=O)c1ccc(N)cc1. The molecule has 0 radical (unpaired) electrons. The number of anilines is 1. The highest BCUT2D eigenvalue weighted by Crippen LogP contribution is 2.08. The van der Waals surface area contributed by atoms with Gasteiger partial charge in [0, 0.05) is 30.8 Å². The lowest BCUT2D eigenvalue weighted by atomic mass is 10.1. The minimum Gasteiger partial charge on any atom is -0.399 e. The molecule has 0 saturated heterocycles. The molecule has 4 heteroatoms. The Kier molecular flexibility index (Phi) is 5.66. The molecule has 1 aromatic rings. The number of rotatable bonds is 7. The Morgan fingerprint density at radius 3 is 2.47 bits per heavy atom. The highest BCUT2D eigenvalue weighted by Gasteiger charge is 2.08. The molecule has 0 aromatic heterocycles. The van der Waals surface area contributed by atoms with Crippen LogP contribution in [0.1, 0.15) is 23.7 Å². The van der Waals surface area contributed by atoms with Gasteiger partial charge in [-0.1, -0.05) is 6.92 Å². The largest absolute Gasteiger partial charge is 0.399 e. The molecule has 1 rings (SSSR count). The van der Waals surface area contributed by atoms with Crippen molar-refractivity contribution in [2.24, 2.45) is 0 Å². The van der Waals surface area contributed by atoms with E-state index < -0.39 is 0 Å². The Morgan fingerprint density at radius 2 is 1.94 bits per heavy atom. The third kappa shape index (κ3) is 4.54. The number of nitrogens with zero attached hydrogens (tertiary/aromatic N) is 1. The van der Waals surface area contributed by atoms with Crippen LogP contribution in [-0.2, 0) is 0 Å². The molecule has 0 heterocycles. The van der Waals surface area contributed by atoms with Crippen LogP contribution in [0.4, 0.5) is 5.69 Å². The van der Waals surface area contributed by atoms with Gasteiger partial charge in [0.1, 0.15) is 0 Å². The molecule has 94 valence electrons. The third-order valence-corrected chi connectivity index (χ3v) is 2.75. The average molecular weight is 236 g/mol. The minimum absolute atomic E-state index is 0.112. The molecule has 1 aromatic carbocycles. The van der Waals surface area contributed by atoms with Crippen molar-refractivity contribution in [1.29, 1.82) is 0 Å². The maximum absolute atomic E-state index is 11.9. The molecular formula is C13H20N2O2. The molecule has 0 spiro atoms. The quantitative estimate of drug-likeness (QED) is 0.550. The lowest BCUT2D eigenvalue weighted by molar-refractivity contribution is 0.0959. The fourth-order valence-electron chi connectivity index (χ4n) is 1.64. The van der Waals surface area contributed by atoms with Crippen molar-refractivity contribution in [3.63, 3.8) is 0 Å². The van der Waals surface area contributed by atoms with Gasteiger partial charge in [0.25, 0.3) is 0 Å². The van der Waals surface area contributed by atoms with Gasteiger partial charge in [-0.15, -0.1) is 0 Å². The number of hydrogen-bond acceptors (Lipinski definition) is 4. The van der Waals surface area contributed by atoms with Gasteiger partial charge in [0.05, 0.1) is 6.61 Å². The number of aliphatic hydroxyl groups excluding tert-OH is 1. The van der Waals surface area contributed by atoms with Crippen LogP contribution in [0.15, 0.2) is 24.3 Å². The molecule has 0 amide bonds. The van der Waals surface area contributed by atoms with E-state index in [0.29, 0.717) is 30.8 Å². The molecule has 0 aliphatic heterocycles. The number of Topliss-reactive ketones (excluding diaryl/α,β-unsaturated/α-hetero) is 1. The summed E-state index contributed by atoms with van der Waals surface area (Å²) in [5.74, 6) is 0.112. The van der Waals surface area contributed by atoms with E-state index in [2.05, 4.69) is 4.90 Å². The van der Waals surface area contributed by atoms with Crippen molar-refractivity contribution in [3.05, 3.63) is 29.8 Å². The van der Waals surface area contributed by atoms with Gasteiger partial charge in [-0.05, 0) is 30.8 Å². The first-order chi connectivity index (χ1) is 8.17. The van der Waals surface area contributed by atoms with Gasteiger partial charge < -0.3 is 15.7 Å². The molecule has 0 bridgehead atoms. The number of carbonyl (C=O) groups is 1. The molecule has 0 atom stereocenters. The lowest BCUT2D eigenvalue weighted by Gasteiger charge is -2.18. The summed E-state index contributed by atoms with van der Waals surface area (Å²) in [4.78, 5) is 13.9. The van der Waals surface area contributed by atoms with E-state index in [-0.39, 0.29) is 12.4 Å². The Balaban J connectivity index is 2.46. The molecular weight excluding hydrogens is 216 g/mol. The zero-order chi connectivity index (χ0) is 12.7. The molecule has 4 nitrogen and oxygen atoms in total. The zero-order valence-electron chi connectivity index (χ0n) is 10.2. The third-order valence-electron chi connectivity index (χ3n) is 2.75. The van der Waals surface area contributed by atoms with E-state index in [1.54, 1.807) is 24.3 Å². The van der Waals surface area contributed by atoms with E-state index in [0.717, 1.165) is 6.54 Å². The Morgan fingerprint density at radius 1 is 1.29 bits per heavy atom. The summed E-state index contributed by atoms with van der Waals surface area (Å²) >= 11 is 0. The maximum Gasteiger partial charge on any atom is 0.164 e. The second-order valence-electron chi connectivity index (χ2n) is 3.95. The van der Waals surface area contributed by atoms with Crippen LogP contribution in [0.5, 0.6) is 0 Å². The number of benzene rings is 1. The van der Waals surface area contributed by atoms with E-state index >= 15 is 0 Å². The number of carbonyl (C=O) groups excluding carboxylic acids is 1. The lowest BCUT2D eigenvalue weighted by Crippen LogP contribution is -2.29. The second-order valence-corrected chi connectivity index (χ2v) is 3.95. The van der Waals surface area contributed by atoms with Gasteiger partial charge >= 0.3 is 0 Å². The minimum atomic E-state index is 0.112. The van der Waals surface area contributed by atoms with Crippen molar-refractivity contribution in [2.45, 2.75) is 13.3 Å². The number of likely N-dealkylation sites (N-methyl/N-ethyl adjacent to an activating group) is 1. The Bertz CT molecular complexity index is 349. The van der Waals surface area contributed by atoms with Crippen LogP contribution in [0.2, 0.25) is 0 Å². The van der Waals surface area contributed by atoms with Crippen LogP contribution in [0.3, 0.4) is 0 Å². The number of nitrogens with two attached hydrogens (primary N) is 1. The van der Waals surface area contributed by atoms with Crippen LogP contribution in [-0.4, -0.2) is 42.0 Å². The first-order valence-corrected chi connectivity index (χ1v) is 5.89. The van der Waals surface area contributed by atoms with Gasteiger partial charge in [-0.2, -0.15) is 0 Å². The van der Waals surface area contributed by atoms with E-state index in [4.69, 9.17) is 10.8 Å². The van der Waals surface area contributed by atoms with E-state index in [1.807, 2.05) is 6.92 Å². The van der Waals surface area contributed by atoms with Gasteiger partial charge in [0.15, 0.2) is 5.78 Å². The van der Waals surface area contributed by atoms with Crippen LogP contribution >= 0.6 is 0 Å². The van der Waals surface area contributed by atoms with Gasteiger partial charge in [-0.3, -0.25) is 4.79 Å². The molecule has 0 unspecified atom stereocenters. The molecule has 0 aliphatic carbocycles. The van der Waals surface area contributed by atoms with Crippen LogP contribution in [0, 0.1) is 0 Å². The summed E-state index contributed by atoms with van der Waals surface area (Å²) in [5, 5.41) is 8.84. The monoisotopic (exact) mass is 236 g/mol. The van der Waals surface area contributed by atoms with Crippen molar-refractivity contribution in [2.75, 3.05) is 32.0 Å². The summed E-state index contributed by atoms with van der Waals surface area (Å²) in [7, 11) is 0. The summed E-state index contributed by atoms with van der Waals surface area (Å²) in [6, 6.07) is 6.97. The summed E-state index contributed by atoms with van der Waals surface area (Å²) in [6.45, 7) is 4.29. The topological polar surface area (TPSA) is 66.6 Å². The maximum atomic E-state index is 11.9. The van der Waals surface area contributed by atoms with Crippen LogP contribution < -0.4 is 5.73 Å². The normalized spacial score (nSPS) is 10.8. The molecule has 0 aliphatic rings. The summed E-state index contributed by atoms with van der Waals surface area (Å²) in [5.41, 5.74) is 6.92. The predicted molar refractivity (Wildman–Crippen MR) is 69.0 cm³/mol. The Hall–Kier alpha value is -1.39. The van der Waals surface area contributed by atoms with E-state index in [9.17, 15) is 4.79 Å². The highest BCUT2D eigenvalue weighted by atomic mass is 16.3. The standard InChI is InChI=1S/C13H20N2O2/c1-2-15(9-10-16)8-7-13(17)11-3-5-12(14)6-4-11/h3-6,16H,2,7-10,14H2,1H3. The second kappa shape index (κ2) is 7.04. The first kappa shape index (κ1) is 13.7. The predicted octanol–water partition coefficient (Wildman–Crippen LogP) is 1.16. The fraction of sp³-hybridized carbons (Fsp3) is 0.462. The number of ketones is 1. The zero-order valence-corrected chi connectivity index (χ0v) is 10.2. The Labute approximate surface area is 102 Å². The molecule has 0 fully saturated rings. The van der Waals surface area contributed by atoms with Crippen molar-refractivity contribution >= 4 is 11.5 Å². The van der Waals surface area contributed by atoms with E-state index in [1.165, 1.54) is 0 Å². The first-order valence-electron chi connectivity index (χ1n) is 5.89. The molecule has 17 heavy (non-hydrogen) atoms. The summed E-state index contributed by atoms with van der Waals surface area (Å²) < 4.78 is 0. The van der Waals surface area contributed by atoms with Crippen molar-refractivity contribution in [3.8, 4) is 0 Å². The highest BCUT2D eigenvalue weighted by molar-refractivity contribution is 5.96. The molecule has 3 N–H and O–H groups in total. The fourth-order valence-corrected chi connectivity index (χ4v) is 1.64. The number of aliphatic hydroxyl groups is 1.